The van der Waals surface area contributed by atoms with E-state index in [1.54, 1.807) is 42.5 Å². The Labute approximate surface area is 198 Å². The summed E-state index contributed by atoms with van der Waals surface area (Å²) in [5.74, 6) is 0.276. The second-order valence-corrected chi connectivity index (χ2v) is 8.84. The maximum Gasteiger partial charge on any atom is 0.261 e. The average Bonchev–Trinajstić information content (AvgIpc) is 2.73. The molecule has 0 radical (unpaired) electrons. The SMILES string of the molecule is CC[C@H](C(=O)NCC(C)C)N(Cc1ccc(Cl)cc1Cl)C(=O)COc1ccc(Cl)cc1. The molecule has 0 unspecified atom stereocenters. The smallest absolute Gasteiger partial charge is 0.261 e. The topological polar surface area (TPSA) is 58.6 Å². The van der Waals surface area contributed by atoms with E-state index in [2.05, 4.69) is 5.32 Å². The van der Waals surface area contributed by atoms with Gasteiger partial charge in [-0.25, -0.2) is 0 Å². The summed E-state index contributed by atoms with van der Waals surface area (Å²) in [7, 11) is 0. The molecule has 168 valence electrons. The number of carbonyl (C=O) groups is 2. The first-order valence-corrected chi connectivity index (χ1v) is 11.2. The number of hydrogen-bond donors (Lipinski definition) is 1. The summed E-state index contributed by atoms with van der Waals surface area (Å²) in [6.07, 6.45) is 0.446. The monoisotopic (exact) mass is 484 g/mol. The second kappa shape index (κ2) is 12.2. The van der Waals surface area contributed by atoms with Gasteiger partial charge in [0.25, 0.3) is 5.91 Å². The molecule has 0 heterocycles. The minimum atomic E-state index is -0.660. The molecule has 5 nitrogen and oxygen atoms in total. The van der Waals surface area contributed by atoms with E-state index in [9.17, 15) is 9.59 Å². The van der Waals surface area contributed by atoms with Crippen LogP contribution in [0.1, 0.15) is 32.8 Å². The third-order valence-corrected chi connectivity index (χ3v) is 5.44. The van der Waals surface area contributed by atoms with Crippen molar-refractivity contribution in [3.05, 3.63) is 63.1 Å². The number of carbonyl (C=O) groups excluding carboxylic acids is 2. The van der Waals surface area contributed by atoms with Gasteiger partial charge >= 0.3 is 0 Å². The van der Waals surface area contributed by atoms with Crippen LogP contribution in [0.3, 0.4) is 0 Å². The van der Waals surface area contributed by atoms with Crippen molar-refractivity contribution in [3.63, 3.8) is 0 Å². The normalized spacial score (nSPS) is 11.8. The lowest BCUT2D eigenvalue weighted by atomic mass is 10.1. The molecule has 0 spiro atoms. The van der Waals surface area contributed by atoms with Crippen molar-refractivity contribution >= 4 is 46.6 Å². The first-order chi connectivity index (χ1) is 14.7. The highest BCUT2D eigenvalue weighted by Crippen LogP contribution is 2.24. The van der Waals surface area contributed by atoms with Crippen LogP contribution in [0.2, 0.25) is 15.1 Å². The zero-order valence-corrected chi connectivity index (χ0v) is 20.1. The van der Waals surface area contributed by atoms with Crippen molar-refractivity contribution in [2.45, 2.75) is 39.8 Å². The lowest BCUT2D eigenvalue weighted by Gasteiger charge is -2.31. The highest BCUT2D eigenvalue weighted by atomic mass is 35.5. The molecule has 2 aromatic carbocycles. The number of halogens is 3. The van der Waals surface area contributed by atoms with Crippen LogP contribution < -0.4 is 10.1 Å². The van der Waals surface area contributed by atoms with Crippen molar-refractivity contribution in [1.29, 1.82) is 0 Å². The summed E-state index contributed by atoms with van der Waals surface area (Å²) >= 11 is 18.2. The molecule has 0 fully saturated rings. The van der Waals surface area contributed by atoms with E-state index < -0.39 is 6.04 Å². The standard InChI is InChI=1S/C23H27Cl3N2O3/c1-4-21(23(30)27-12-15(2)3)28(13-16-5-6-18(25)11-20(16)26)22(29)14-31-19-9-7-17(24)8-10-19/h5-11,15,21H,4,12-14H2,1-3H3,(H,27,30)/t21-/m1/s1. The summed E-state index contributed by atoms with van der Waals surface area (Å²) in [6.45, 7) is 6.35. The minimum Gasteiger partial charge on any atom is -0.484 e. The Kier molecular flexibility index (Phi) is 9.94. The van der Waals surface area contributed by atoms with Crippen LogP contribution in [0.15, 0.2) is 42.5 Å². The lowest BCUT2D eigenvalue weighted by molar-refractivity contribution is -0.143. The van der Waals surface area contributed by atoms with E-state index in [0.29, 0.717) is 45.3 Å². The van der Waals surface area contributed by atoms with Crippen molar-refractivity contribution in [3.8, 4) is 5.75 Å². The molecule has 8 heteroatoms. The molecule has 0 saturated carbocycles. The summed E-state index contributed by atoms with van der Waals surface area (Å²) in [5, 5.41) is 4.42. The van der Waals surface area contributed by atoms with E-state index in [4.69, 9.17) is 39.5 Å². The summed E-state index contributed by atoms with van der Waals surface area (Å²) in [6, 6.07) is 11.1. The molecule has 0 bridgehead atoms. The molecule has 1 N–H and O–H groups in total. The van der Waals surface area contributed by atoms with Crippen LogP contribution in [0.5, 0.6) is 5.75 Å². The third-order valence-electron chi connectivity index (χ3n) is 4.60. The molecule has 1 atom stereocenters. The van der Waals surface area contributed by atoms with Gasteiger partial charge in [-0.2, -0.15) is 0 Å². The van der Waals surface area contributed by atoms with Crippen molar-refractivity contribution in [1.82, 2.24) is 10.2 Å². The highest BCUT2D eigenvalue weighted by Gasteiger charge is 2.29. The van der Waals surface area contributed by atoms with Crippen LogP contribution in [0.25, 0.3) is 0 Å². The van der Waals surface area contributed by atoms with Crippen LogP contribution in [-0.2, 0) is 16.1 Å². The van der Waals surface area contributed by atoms with Gasteiger partial charge in [-0.05, 0) is 54.3 Å². The molecule has 0 aliphatic heterocycles. The van der Waals surface area contributed by atoms with E-state index in [1.165, 1.54) is 4.90 Å². The zero-order valence-electron chi connectivity index (χ0n) is 17.8. The van der Waals surface area contributed by atoms with Gasteiger partial charge in [-0.1, -0.05) is 61.6 Å². The minimum absolute atomic E-state index is 0.159. The summed E-state index contributed by atoms with van der Waals surface area (Å²) < 4.78 is 5.63. The van der Waals surface area contributed by atoms with E-state index in [1.807, 2.05) is 20.8 Å². The molecule has 0 saturated heterocycles. The molecule has 0 aliphatic carbocycles. The molecule has 31 heavy (non-hydrogen) atoms. The van der Waals surface area contributed by atoms with Crippen LogP contribution >= 0.6 is 34.8 Å². The third kappa shape index (κ3) is 7.91. The number of amides is 2. The Bertz CT molecular complexity index is 888. The molecule has 2 aromatic rings. The molecular formula is C23H27Cl3N2O3. The van der Waals surface area contributed by atoms with E-state index in [-0.39, 0.29) is 25.0 Å². The molecule has 0 aliphatic rings. The highest BCUT2D eigenvalue weighted by molar-refractivity contribution is 6.35. The fourth-order valence-electron chi connectivity index (χ4n) is 2.93. The fraction of sp³-hybridized carbons (Fsp3) is 0.391. The molecule has 2 rings (SSSR count). The maximum atomic E-state index is 13.1. The number of nitrogens with one attached hydrogen (secondary N) is 1. The second-order valence-electron chi connectivity index (χ2n) is 7.56. The van der Waals surface area contributed by atoms with Gasteiger partial charge in [-0.3, -0.25) is 9.59 Å². The van der Waals surface area contributed by atoms with Crippen LogP contribution in [0, 0.1) is 5.92 Å². The fourth-order valence-corrected chi connectivity index (χ4v) is 3.53. The van der Waals surface area contributed by atoms with Gasteiger partial charge in [0, 0.05) is 28.2 Å². The zero-order chi connectivity index (χ0) is 23.0. The van der Waals surface area contributed by atoms with Crippen molar-refractivity contribution in [2.24, 2.45) is 5.92 Å². The predicted octanol–water partition coefficient (Wildman–Crippen LogP) is 5.61. The number of rotatable bonds is 10. The van der Waals surface area contributed by atoms with Crippen LogP contribution in [-0.4, -0.2) is 35.9 Å². The summed E-state index contributed by atoms with van der Waals surface area (Å²) in [5.41, 5.74) is 0.695. The maximum absolute atomic E-state index is 13.1. The Balaban J connectivity index is 2.22. The molecular weight excluding hydrogens is 459 g/mol. The largest absolute Gasteiger partial charge is 0.484 e. The van der Waals surface area contributed by atoms with Gasteiger partial charge < -0.3 is 15.0 Å². The van der Waals surface area contributed by atoms with Gasteiger partial charge in [0.2, 0.25) is 5.91 Å². The Hall–Kier alpha value is -1.95. The first-order valence-electron chi connectivity index (χ1n) is 10.1. The number of nitrogens with zero attached hydrogens (tertiary/aromatic N) is 1. The van der Waals surface area contributed by atoms with Crippen molar-refractivity contribution in [2.75, 3.05) is 13.2 Å². The van der Waals surface area contributed by atoms with Gasteiger partial charge in [0.1, 0.15) is 11.8 Å². The van der Waals surface area contributed by atoms with Crippen molar-refractivity contribution < 1.29 is 14.3 Å². The first kappa shape index (κ1) is 25.3. The van der Waals surface area contributed by atoms with E-state index in [0.717, 1.165) is 0 Å². The van der Waals surface area contributed by atoms with Gasteiger partial charge in [0.15, 0.2) is 6.61 Å². The Morgan fingerprint density at radius 3 is 2.26 bits per heavy atom. The number of benzene rings is 2. The lowest BCUT2D eigenvalue weighted by Crippen LogP contribution is -2.50. The Morgan fingerprint density at radius 1 is 1.03 bits per heavy atom. The summed E-state index contributed by atoms with van der Waals surface area (Å²) in [4.78, 5) is 27.5. The van der Waals surface area contributed by atoms with E-state index >= 15 is 0 Å². The number of hydrogen-bond acceptors (Lipinski definition) is 3. The van der Waals surface area contributed by atoms with Gasteiger partial charge in [0.05, 0.1) is 0 Å². The predicted molar refractivity (Wildman–Crippen MR) is 126 cm³/mol. The molecule has 0 aromatic heterocycles. The van der Waals surface area contributed by atoms with Gasteiger partial charge in [-0.15, -0.1) is 0 Å². The Morgan fingerprint density at radius 2 is 1.68 bits per heavy atom. The molecule has 2 amide bonds. The quantitative estimate of drug-likeness (QED) is 0.476. The van der Waals surface area contributed by atoms with Crippen LogP contribution in [0.4, 0.5) is 0 Å². The average molecular weight is 486 g/mol. The number of ether oxygens (including phenoxy) is 1.